The summed E-state index contributed by atoms with van der Waals surface area (Å²) in [5.41, 5.74) is 0. The van der Waals surface area contributed by atoms with E-state index in [1.807, 2.05) is 4.68 Å². The normalized spacial score (nSPS) is 13.4. The molecule has 0 radical (unpaired) electrons. The highest BCUT2D eigenvalue weighted by molar-refractivity contribution is 9.09. The van der Waals surface area contributed by atoms with Crippen molar-refractivity contribution in [1.82, 2.24) is 14.8 Å². The Labute approximate surface area is 100 Å². The van der Waals surface area contributed by atoms with Gasteiger partial charge >= 0.3 is 0 Å². The van der Waals surface area contributed by atoms with Crippen molar-refractivity contribution >= 4 is 15.9 Å². The fourth-order valence-corrected chi connectivity index (χ4v) is 2.20. The SMILES string of the molecule is CCC(CBr)Cc1ncnn1CC(C)C. The number of aromatic nitrogens is 3. The molecule has 3 nitrogen and oxygen atoms in total. The van der Waals surface area contributed by atoms with Crippen molar-refractivity contribution in [3.05, 3.63) is 12.2 Å². The number of nitrogens with zero attached hydrogens (tertiary/aromatic N) is 3. The summed E-state index contributed by atoms with van der Waals surface area (Å²) >= 11 is 3.54. The van der Waals surface area contributed by atoms with Crippen LogP contribution < -0.4 is 0 Å². The zero-order valence-electron chi connectivity index (χ0n) is 9.78. The molecule has 4 heteroatoms. The molecule has 1 heterocycles. The van der Waals surface area contributed by atoms with Crippen LogP contribution in [0.3, 0.4) is 0 Å². The highest BCUT2D eigenvalue weighted by Crippen LogP contribution is 2.13. The number of rotatable bonds is 6. The zero-order valence-corrected chi connectivity index (χ0v) is 11.4. The molecule has 1 unspecified atom stereocenters. The molecule has 1 rings (SSSR count). The molecule has 0 aromatic carbocycles. The Hall–Kier alpha value is -0.380. The maximum atomic E-state index is 4.34. The predicted octanol–water partition coefficient (Wildman–Crippen LogP) is 2.90. The number of hydrogen-bond donors (Lipinski definition) is 0. The standard InChI is InChI=1S/C11H20BrN3/c1-4-10(6-12)5-11-13-8-14-15(11)7-9(2)3/h8-10H,4-7H2,1-3H3. The van der Waals surface area contributed by atoms with Crippen LogP contribution >= 0.6 is 15.9 Å². The zero-order chi connectivity index (χ0) is 11.3. The third-order valence-electron chi connectivity index (χ3n) is 2.50. The molecule has 86 valence electrons. The topological polar surface area (TPSA) is 30.7 Å². The lowest BCUT2D eigenvalue weighted by Gasteiger charge is -2.12. The van der Waals surface area contributed by atoms with Crippen LogP contribution in [-0.2, 0) is 13.0 Å². The van der Waals surface area contributed by atoms with Crippen LogP contribution in [0.2, 0.25) is 0 Å². The first kappa shape index (κ1) is 12.7. The lowest BCUT2D eigenvalue weighted by molar-refractivity contribution is 0.446. The van der Waals surface area contributed by atoms with Crippen molar-refractivity contribution in [2.75, 3.05) is 5.33 Å². The number of alkyl halides is 1. The average molecular weight is 274 g/mol. The van der Waals surface area contributed by atoms with Crippen LogP contribution in [0.5, 0.6) is 0 Å². The van der Waals surface area contributed by atoms with Gasteiger partial charge in [-0.15, -0.1) is 0 Å². The molecule has 0 aliphatic heterocycles. The highest BCUT2D eigenvalue weighted by atomic mass is 79.9. The van der Waals surface area contributed by atoms with E-state index in [2.05, 4.69) is 46.8 Å². The first-order chi connectivity index (χ1) is 7.17. The van der Waals surface area contributed by atoms with Crippen LogP contribution in [-0.4, -0.2) is 20.1 Å². The van der Waals surface area contributed by atoms with Gasteiger partial charge in [0.2, 0.25) is 0 Å². The maximum absolute atomic E-state index is 4.34. The van der Waals surface area contributed by atoms with E-state index in [0.717, 1.165) is 24.1 Å². The molecule has 0 saturated heterocycles. The molecular formula is C11H20BrN3. The summed E-state index contributed by atoms with van der Waals surface area (Å²) in [4.78, 5) is 4.34. The van der Waals surface area contributed by atoms with Crippen LogP contribution in [0.15, 0.2) is 6.33 Å². The molecule has 0 aliphatic rings. The summed E-state index contributed by atoms with van der Waals surface area (Å²) in [6.45, 7) is 7.59. The molecule has 0 fully saturated rings. The molecule has 0 spiro atoms. The monoisotopic (exact) mass is 273 g/mol. The Balaban J connectivity index is 2.63. The molecule has 1 aromatic heterocycles. The predicted molar refractivity (Wildman–Crippen MR) is 66.1 cm³/mol. The second kappa shape index (κ2) is 6.26. The third-order valence-corrected chi connectivity index (χ3v) is 3.42. The van der Waals surface area contributed by atoms with Gasteiger partial charge in [-0.1, -0.05) is 43.1 Å². The first-order valence-electron chi connectivity index (χ1n) is 5.60. The fourth-order valence-electron chi connectivity index (χ4n) is 1.51. The quantitative estimate of drug-likeness (QED) is 0.747. The van der Waals surface area contributed by atoms with Crippen molar-refractivity contribution in [2.45, 2.75) is 40.2 Å². The van der Waals surface area contributed by atoms with Crippen molar-refractivity contribution in [3.8, 4) is 0 Å². The second-order valence-electron chi connectivity index (χ2n) is 4.38. The van der Waals surface area contributed by atoms with Gasteiger partial charge < -0.3 is 0 Å². The van der Waals surface area contributed by atoms with Crippen molar-refractivity contribution in [1.29, 1.82) is 0 Å². The van der Waals surface area contributed by atoms with Crippen molar-refractivity contribution in [3.63, 3.8) is 0 Å². The van der Waals surface area contributed by atoms with Gasteiger partial charge in [0.1, 0.15) is 12.2 Å². The van der Waals surface area contributed by atoms with Gasteiger partial charge in [0.25, 0.3) is 0 Å². The molecule has 0 saturated carbocycles. The Morgan fingerprint density at radius 1 is 1.47 bits per heavy atom. The van der Waals surface area contributed by atoms with Gasteiger partial charge in [-0.3, -0.25) is 0 Å². The lowest BCUT2D eigenvalue weighted by atomic mass is 10.0. The minimum atomic E-state index is 0.620. The van der Waals surface area contributed by atoms with Crippen LogP contribution in [0.4, 0.5) is 0 Å². The van der Waals surface area contributed by atoms with E-state index in [1.54, 1.807) is 6.33 Å². The largest absolute Gasteiger partial charge is 0.250 e. The second-order valence-corrected chi connectivity index (χ2v) is 5.03. The Kier molecular flexibility index (Phi) is 5.29. The van der Waals surface area contributed by atoms with E-state index in [0.29, 0.717) is 11.8 Å². The summed E-state index contributed by atoms with van der Waals surface area (Å²) in [5.74, 6) is 2.41. The van der Waals surface area contributed by atoms with Crippen molar-refractivity contribution in [2.24, 2.45) is 11.8 Å². The van der Waals surface area contributed by atoms with E-state index in [9.17, 15) is 0 Å². The highest BCUT2D eigenvalue weighted by Gasteiger charge is 2.11. The van der Waals surface area contributed by atoms with Gasteiger partial charge in [0.05, 0.1) is 0 Å². The Bertz CT molecular complexity index is 279. The van der Waals surface area contributed by atoms with Crippen LogP contribution in [0.1, 0.15) is 33.0 Å². The minimum absolute atomic E-state index is 0.620. The van der Waals surface area contributed by atoms with E-state index in [4.69, 9.17) is 0 Å². The molecule has 1 atom stereocenters. The molecule has 0 amide bonds. The molecule has 0 N–H and O–H groups in total. The van der Waals surface area contributed by atoms with Gasteiger partial charge in [0, 0.05) is 18.3 Å². The summed E-state index contributed by atoms with van der Waals surface area (Å²) in [6, 6.07) is 0. The van der Waals surface area contributed by atoms with E-state index in [1.165, 1.54) is 6.42 Å². The lowest BCUT2D eigenvalue weighted by Crippen LogP contribution is -2.14. The Morgan fingerprint density at radius 2 is 2.20 bits per heavy atom. The molecule has 15 heavy (non-hydrogen) atoms. The summed E-state index contributed by atoms with van der Waals surface area (Å²) < 4.78 is 2.04. The summed E-state index contributed by atoms with van der Waals surface area (Å²) in [6.07, 6.45) is 3.87. The van der Waals surface area contributed by atoms with Crippen molar-refractivity contribution < 1.29 is 0 Å². The Morgan fingerprint density at radius 3 is 2.73 bits per heavy atom. The van der Waals surface area contributed by atoms with Gasteiger partial charge in [-0.2, -0.15) is 5.10 Å². The molecular weight excluding hydrogens is 254 g/mol. The summed E-state index contributed by atoms with van der Waals surface area (Å²) in [5, 5.41) is 5.31. The van der Waals surface area contributed by atoms with E-state index in [-0.39, 0.29) is 0 Å². The molecule has 0 bridgehead atoms. The number of hydrogen-bond acceptors (Lipinski definition) is 2. The van der Waals surface area contributed by atoms with Gasteiger partial charge in [-0.25, -0.2) is 9.67 Å². The fraction of sp³-hybridized carbons (Fsp3) is 0.818. The first-order valence-corrected chi connectivity index (χ1v) is 6.72. The van der Waals surface area contributed by atoms with E-state index >= 15 is 0 Å². The van der Waals surface area contributed by atoms with Gasteiger partial charge in [-0.05, 0) is 11.8 Å². The summed E-state index contributed by atoms with van der Waals surface area (Å²) in [7, 11) is 0. The third kappa shape index (κ3) is 3.93. The number of halogens is 1. The van der Waals surface area contributed by atoms with Crippen LogP contribution in [0, 0.1) is 11.8 Å². The smallest absolute Gasteiger partial charge is 0.138 e. The average Bonchev–Trinajstić information content (AvgIpc) is 2.61. The van der Waals surface area contributed by atoms with Crippen LogP contribution in [0.25, 0.3) is 0 Å². The maximum Gasteiger partial charge on any atom is 0.138 e. The minimum Gasteiger partial charge on any atom is -0.250 e. The van der Waals surface area contributed by atoms with Gasteiger partial charge in [0.15, 0.2) is 0 Å². The van der Waals surface area contributed by atoms with E-state index < -0.39 is 0 Å². The molecule has 0 aliphatic carbocycles. The molecule has 1 aromatic rings.